The van der Waals surface area contributed by atoms with Crippen LogP contribution < -0.4 is 10.9 Å². The zero-order valence-corrected chi connectivity index (χ0v) is 13.4. The summed E-state index contributed by atoms with van der Waals surface area (Å²) in [7, 11) is 0. The van der Waals surface area contributed by atoms with E-state index in [2.05, 4.69) is 27.1 Å². The highest BCUT2D eigenvalue weighted by Crippen LogP contribution is 2.12. The van der Waals surface area contributed by atoms with Crippen molar-refractivity contribution in [2.45, 2.75) is 39.8 Å². The Balaban J connectivity index is 1.97. The summed E-state index contributed by atoms with van der Waals surface area (Å²) in [5.41, 5.74) is 1.49. The lowest BCUT2D eigenvalue weighted by atomic mass is 10.1. The maximum absolute atomic E-state index is 12.1. The van der Waals surface area contributed by atoms with Gasteiger partial charge in [-0.05, 0) is 27.7 Å². The molecule has 6 nitrogen and oxygen atoms in total. The number of hydrogen-bond acceptors (Lipinski definition) is 5. The van der Waals surface area contributed by atoms with Crippen LogP contribution in [-0.2, 0) is 4.74 Å². The summed E-state index contributed by atoms with van der Waals surface area (Å²) in [6.45, 7) is 12.4. The molecule has 0 amide bonds. The summed E-state index contributed by atoms with van der Waals surface area (Å²) >= 11 is 0. The number of rotatable bonds is 5. The van der Waals surface area contributed by atoms with Gasteiger partial charge in [-0.1, -0.05) is 0 Å². The van der Waals surface area contributed by atoms with Gasteiger partial charge in [0.2, 0.25) is 0 Å². The second kappa shape index (κ2) is 7.15. The van der Waals surface area contributed by atoms with Crippen molar-refractivity contribution in [2.75, 3.05) is 32.8 Å². The van der Waals surface area contributed by atoms with Crippen LogP contribution in [0.1, 0.15) is 37.0 Å². The minimum Gasteiger partial charge on any atom is -0.379 e. The lowest BCUT2D eigenvalue weighted by molar-refractivity contribution is 0.0339. The SMILES string of the molecule is Cc1nc(C)c(C(C)NC(C)CN2CCOCC2)c(=O)[nH]1. The van der Waals surface area contributed by atoms with Crippen molar-refractivity contribution in [1.82, 2.24) is 20.2 Å². The van der Waals surface area contributed by atoms with Gasteiger partial charge in [0.05, 0.1) is 18.8 Å². The summed E-state index contributed by atoms with van der Waals surface area (Å²) < 4.78 is 5.36. The number of ether oxygens (including phenoxy) is 1. The largest absolute Gasteiger partial charge is 0.379 e. The minimum absolute atomic E-state index is 0.0158. The van der Waals surface area contributed by atoms with Crippen LogP contribution in [0, 0.1) is 13.8 Å². The van der Waals surface area contributed by atoms with Gasteiger partial charge in [-0.25, -0.2) is 4.98 Å². The summed E-state index contributed by atoms with van der Waals surface area (Å²) in [6, 6.07) is 0.288. The Hall–Kier alpha value is -1.24. The topological polar surface area (TPSA) is 70.2 Å². The molecule has 0 radical (unpaired) electrons. The number of H-pyrrole nitrogens is 1. The molecule has 6 heteroatoms. The molecule has 2 unspecified atom stereocenters. The summed E-state index contributed by atoms with van der Waals surface area (Å²) in [6.07, 6.45) is 0. The van der Waals surface area contributed by atoms with Gasteiger partial charge in [-0.15, -0.1) is 0 Å². The number of aromatic nitrogens is 2. The van der Waals surface area contributed by atoms with Crippen LogP contribution in [0.15, 0.2) is 4.79 Å². The molecule has 0 bridgehead atoms. The van der Waals surface area contributed by atoms with Crippen LogP contribution in [0.5, 0.6) is 0 Å². The standard InChI is InChI=1S/C15H26N4O2/c1-10(9-19-5-7-21-8-6-19)16-11(2)14-12(3)17-13(4)18-15(14)20/h10-11,16H,5-9H2,1-4H3,(H,17,18,20). The fourth-order valence-electron chi connectivity index (χ4n) is 2.98. The molecule has 0 saturated carbocycles. The fraction of sp³-hybridized carbons (Fsp3) is 0.733. The highest BCUT2D eigenvalue weighted by molar-refractivity contribution is 5.20. The Bertz CT molecular complexity index is 523. The normalized spacial score (nSPS) is 19.4. The molecule has 1 aromatic heterocycles. The third-order valence-electron chi connectivity index (χ3n) is 3.87. The second-order valence-electron chi connectivity index (χ2n) is 5.85. The van der Waals surface area contributed by atoms with Crippen molar-refractivity contribution in [2.24, 2.45) is 0 Å². The van der Waals surface area contributed by atoms with E-state index in [4.69, 9.17) is 4.74 Å². The van der Waals surface area contributed by atoms with Crippen molar-refractivity contribution in [3.05, 3.63) is 27.4 Å². The number of aryl methyl sites for hydroxylation is 2. The van der Waals surface area contributed by atoms with Gasteiger partial charge >= 0.3 is 0 Å². The molecular formula is C15H26N4O2. The monoisotopic (exact) mass is 294 g/mol. The van der Waals surface area contributed by atoms with Crippen molar-refractivity contribution in [3.63, 3.8) is 0 Å². The van der Waals surface area contributed by atoms with E-state index in [0.29, 0.717) is 11.9 Å². The molecule has 1 aromatic rings. The van der Waals surface area contributed by atoms with Crippen LogP contribution in [0.2, 0.25) is 0 Å². The van der Waals surface area contributed by atoms with E-state index >= 15 is 0 Å². The number of nitrogens with one attached hydrogen (secondary N) is 2. The molecule has 2 heterocycles. The summed E-state index contributed by atoms with van der Waals surface area (Å²) in [4.78, 5) is 21.6. The predicted octanol–water partition coefficient (Wildman–Crippen LogP) is 0.758. The Morgan fingerprint density at radius 3 is 2.62 bits per heavy atom. The average Bonchev–Trinajstić information content (AvgIpc) is 2.38. The molecule has 1 saturated heterocycles. The molecule has 21 heavy (non-hydrogen) atoms. The minimum atomic E-state index is -0.0430. The number of morpholine rings is 1. The van der Waals surface area contributed by atoms with Crippen LogP contribution >= 0.6 is 0 Å². The van der Waals surface area contributed by atoms with Gasteiger partial charge < -0.3 is 15.0 Å². The van der Waals surface area contributed by atoms with Gasteiger partial charge in [0, 0.05) is 37.4 Å². The highest BCUT2D eigenvalue weighted by atomic mass is 16.5. The summed E-state index contributed by atoms with van der Waals surface area (Å²) in [5, 5.41) is 3.50. The lowest BCUT2D eigenvalue weighted by Gasteiger charge is -2.30. The van der Waals surface area contributed by atoms with Crippen molar-refractivity contribution < 1.29 is 4.74 Å². The molecule has 2 N–H and O–H groups in total. The van der Waals surface area contributed by atoms with Crippen LogP contribution in [-0.4, -0.2) is 53.8 Å². The number of nitrogens with zero attached hydrogens (tertiary/aromatic N) is 2. The second-order valence-corrected chi connectivity index (χ2v) is 5.85. The van der Waals surface area contributed by atoms with Crippen LogP contribution in [0.25, 0.3) is 0 Å². The molecule has 0 aromatic carbocycles. The third-order valence-corrected chi connectivity index (χ3v) is 3.87. The van der Waals surface area contributed by atoms with Crippen molar-refractivity contribution >= 4 is 0 Å². The maximum atomic E-state index is 12.1. The maximum Gasteiger partial charge on any atom is 0.255 e. The van der Waals surface area contributed by atoms with E-state index in [-0.39, 0.29) is 11.6 Å². The first-order chi connectivity index (χ1) is 9.97. The average molecular weight is 294 g/mol. The number of aromatic amines is 1. The lowest BCUT2D eigenvalue weighted by Crippen LogP contribution is -2.45. The van der Waals surface area contributed by atoms with Gasteiger partial charge in [0.15, 0.2) is 0 Å². The quantitative estimate of drug-likeness (QED) is 0.839. The Morgan fingerprint density at radius 1 is 1.33 bits per heavy atom. The van der Waals surface area contributed by atoms with Gasteiger partial charge in [-0.2, -0.15) is 0 Å². The van der Waals surface area contributed by atoms with Crippen molar-refractivity contribution in [3.8, 4) is 0 Å². The molecule has 1 aliphatic rings. The first-order valence-electron chi connectivity index (χ1n) is 7.61. The smallest absolute Gasteiger partial charge is 0.255 e. The molecule has 118 valence electrons. The molecule has 0 aliphatic carbocycles. The highest BCUT2D eigenvalue weighted by Gasteiger charge is 2.19. The third kappa shape index (κ3) is 4.36. The zero-order valence-electron chi connectivity index (χ0n) is 13.4. The number of hydrogen-bond donors (Lipinski definition) is 2. The Kier molecular flexibility index (Phi) is 5.50. The Morgan fingerprint density at radius 2 is 2.00 bits per heavy atom. The fourth-order valence-corrected chi connectivity index (χ4v) is 2.98. The zero-order chi connectivity index (χ0) is 15.4. The van der Waals surface area contributed by atoms with E-state index in [1.807, 2.05) is 13.8 Å². The van der Waals surface area contributed by atoms with E-state index in [0.717, 1.165) is 44.1 Å². The van der Waals surface area contributed by atoms with E-state index in [1.54, 1.807) is 6.92 Å². The van der Waals surface area contributed by atoms with E-state index < -0.39 is 0 Å². The van der Waals surface area contributed by atoms with Crippen LogP contribution in [0.3, 0.4) is 0 Å². The molecule has 1 fully saturated rings. The van der Waals surface area contributed by atoms with E-state index in [1.165, 1.54) is 0 Å². The molecule has 2 atom stereocenters. The van der Waals surface area contributed by atoms with E-state index in [9.17, 15) is 4.79 Å². The molecule has 1 aliphatic heterocycles. The first kappa shape index (κ1) is 16.1. The first-order valence-corrected chi connectivity index (χ1v) is 7.61. The Labute approximate surface area is 125 Å². The molecule has 0 spiro atoms. The van der Waals surface area contributed by atoms with Crippen molar-refractivity contribution in [1.29, 1.82) is 0 Å². The molecule has 2 rings (SSSR count). The van der Waals surface area contributed by atoms with Gasteiger partial charge in [0.25, 0.3) is 5.56 Å². The predicted molar refractivity (Wildman–Crippen MR) is 82.6 cm³/mol. The van der Waals surface area contributed by atoms with Gasteiger partial charge in [0.1, 0.15) is 5.82 Å². The van der Waals surface area contributed by atoms with Gasteiger partial charge in [-0.3, -0.25) is 9.69 Å². The molecular weight excluding hydrogens is 268 g/mol. The van der Waals surface area contributed by atoms with Crippen LogP contribution in [0.4, 0.5) is 0 Å². The summed E-state index contributed by atoms with van der Waals surface area (Å²) in [5.74, 6) is 0.662.